The Morgan fingerprint density at radius 2 is 1.75 bits per heavy atom. The summed E-state index contributed by atoms with van der Waals surface area (Å²) in [5.74, 6) is 0. The maximum absolute atomic E-state index is 3.69. The molecular weight excluding hydrogens is 144 g/mol. The topological polar surface area (TPSA) is 0 Å². The van der Waals surface area contributed by atoms with Crippen LogP contribution in [0.15, 0.2) is 49.6 Å². The molecule has 0 unspecified atom stereocenters. The second-order valence-electron chi connectivity index (χ2n) is 2.64. The van der Waals surface area contributed by atoms with Crippen molar-refractivity contribution in [3.8, 4) is 0 Å². The quantitative estimate of drug-likeness (QED) is 0.589. The molecule has 0 bridgehead atoms. The zero-order valence-corrected chi connectivity index (χ0v) is 7.16. The number of allylic oxidation sites excluding steroid dienone is 2. The fourth-order valence-corrected chi connectivity index (χ4v) is 1.07. The van der Waals surface area contributed by atoms with Crippen LogP contribution in [0.2, 0.25) is 0 Å². The van der Waals surface area contributed by atoms with Crippen LogP contribution in [0.25, 0.3) is 0 Å². The van der Waals surface area contributed by atoms with Crippen molar-refractivity contribution in [1.82, 2.24) is 0 Å². The summed E-state index contributed by atoms with van der Waals surface area (Å²) in [6.45, 7) is 7.33. The fourth-order valence-electron chi connectivity index (χ4n) is 1.07. The highest BCUT2D eigenvalue weighted by Crippen LogP contribution is 2.07. The van der Waals surface area contributed by atoms with Gasteiger partial charge in [0, 0.05) is 6.42 Å². The zero-order chi connectivity index (χ0) is 8.81. The predicted octanol–water partition coefficient (Wildman–Crippen LogP) is 3.15. The fraction of sp³-hybridized carbons (Fsp3) is 0.0833. The number of hydrogen-bond acceptors (Lipinski definition) is 0. The van der Waals surface area contributed by atoms with E-state index in [9.17, 15) is 0 Å². The Bertz CT molecular complexity index is 225. The highest BCUT2D eigenvalue weighted by molar-refractivity contribution is 5.31. The Morgan fingerprint density at radius 1 is 1.08 bits per heavy atom. The van der Waals surface area contributed by atoms with Crippen molar-refractivity contribution < 1.29 is 0 Å². The highest BCUT2D eigenvalue weighted by atomic mass is 14.0. The third-order valence-corrected chi connectivity index (χ3v) is 1.67. The van der Waals surface area contributed by atoms with Gasteiger partial charge in [-0.2, -0.15) is 0 Å². The molecule has 0 aliphatic rings. The molecule has 0 spiro atoms. The molecule has 12 heavy (non-hydrogen) atoms. The van der Waals surface area contributed by atoms with Gasteiger partial charge in [-0.05, 0) is 17.5 Å². The molecule has 0 nitrogen and oxygen atoms in total. The van der Waals surface area contributed by atoms with Crippen LogP contribution in [0.3, 0.4) is 0 Å². The lowest BCUT2D eigenvalue weighted by Gasteiger charge is -1.98. The summed E-state index contributed by atoms with van der Waals surface area (Å²) in [6, 6.07) is 8.38. The summed E-state index contributed by atoms with van der Waals surface area (Å²) >= 11 is 0. The molecule has 1 aromatic carbocycles. The molecule has 1 aromatic rings. The van der Waals surface area contributed by atoms with Gasteiger partial charge in [0.1, 0.15) is 0 Å². The molecule has 0 N–H and O–H groups in total. The first-order chi connectivity index (χ1) is 5.86. The van der Waals surface area contributed by atoms with E-state index in [1.165, 1.54) is 11.1 Å². The SMILES string of the molecule is C=C[CH]c1ccc(CC=C)cc1. The number of hydrogen-bond donors (Lipinski definition) is 0. The van der Waals surface area contributed by atoms with Crippen molar-refractivity contribution in [3.05, 3.63) is 67.1 Å². The Morgan fingerprint density at radius 3 is 2.25 bits per heavy atom. The molecule has 1 rings (SSSR count). The van der Waals surface area contributed by atoms with Gasteiger partial charge in [-0.1, -0.05) is 36.4 Å². The van der Waals surface area contributed by atoms with Crippen molar-refractivity contribution in [1.29, 1.82) is 0 Å². The number of benzene rings is 1. The smallest absolute Gasteiger partial charge is 0.0119 e. The van der Waals surface area contributed by atoms with Crippen LogP contribution in [-0.2, 0) is 6.42 Å². The van der Waals surface area contributed by atoms with Crippen molar-refractivity contribution in [2.45, 2.75) is 6.42 Å². The lowest BCUT2D eigenvalue weighted by molar-refractivity contribution is 1.27. The molecule has 1 radical (unpaired) electrons. The molecule has 0 heteroatoms. The maximum Gasteiger partial charge on any atom is 0.0119 e. The minimum atomic E-state index is 0.939. The van der Waals surface area contributed by atoms with E-state index in [-0.39, 0.29) is 0 Å². The van der Waals surface area contributed by atoms with Crippen LogP contribution in [0, 0.1) is 6.42 Å². The third-order valence-electron chi connectivity index (χ3n) is 1.67. The molecule has 0 aromatic heterocycles. The Balaban J connectivity index is 2.70. The highest BCUT2D eigenvalue weighted by Gasteiger charge is 1.90. The van der Waals surface area contributed by atoms with Gasteiger partial charge >= 0.3 is 0 Å². The van der Waals surface area contributed by atoms with E-state index in [4.69, 9.17) is 0 Å². The minimum Gasteiger partial charge on any atom is -0.103 e. The summed E-state index contributed by atoms with van der Waals surface area (Å²) < 4.78 is 0. The third kappa shape index (κ3) is 2.39. The van der Waals surface area contributed by atoms with E-state index in [2.05, 4.69) is 37.4 Å². The standard InChI is InChI=1S/C12H13/c1-3-5-11-7-9-12(6-4-2)10-8-11/h3-5,7-10H,1-2,6H2. The molecule has 0 fully saturated rings. The summed E-state index contributed by atoms with van der Waals surface area (Å²) in [5, 5.41) is 0. The van der Waals surface area contributed by atoms with E-state index >= 15 is 0 Å². The summed E-state index contributed by atoms with van der Waals surface area (Å²) in [4.78, 5) is 0. The Hall–Kier alpha value is -1.30. The lowest BCUT2D eigenvalue weighted by Crippen LogP contribution is -1.82. The molecule has 0 saturated carbocycles. The monoisotopic (exact) mass is 157 g/mol. The number of rotatable bonds is 4. The van der Waals surface area contributed by atoms with E-state index in [0.717, 1.165) is 6.42 Å². The van der Waals surface area contributed by atoms with Crippen molar-refractivity contribution in [2.75, 3.05) is 0 Å². The van der Waals surface area contributed by atoms with E-state index < -0.39 is 0 Å². The van der Waals surface area contributed by atoms with Gasteiger partial charge in [-0.3, -0.25) is 0 Å². The molecule has 61 valence electrons. The van der Waals surface area contributed by atoms with Gasteiger partial charge in [-0.25, -0.2) is 0 Å². The second-order valence-corrected chi connectivity index (χ2v) is 2.64. The summed E-state index contributed by atoms with van der Waals surface area (Å²) in [5.41, 5.74) is 2.49. The van der Waals surface area contributed by atoms with Gasteiger partial charge < -0.3 is 0 Å². The van der Waals surface area contributed by atoms with Gasteiger partial charge in [-0.15, -0.1) is 13.2 Å². The molecule has 0 atom stereocenters. The van der Waals surface area contributed by atoms with Crippen LogP contribution in [0.4, 0.5) is 0 Å². The molecule has 0 saturated heterocycles. The predicted molar refractivity (Wildman–Crippen MR) is 53.9 cm³/mol. The van der Waals surface area contributed by atoms with Crippen LogP contribution < -0.4 is 0 Å². The van der Waals surface area contributed by atoms with Gasteiger partial charge in [0.15, 0.2) is 0 Å². The Labute approximate surface area is 74.2 Å². The average molecular weight is 157 g/mol. The molecule has 0 amide bonds. The zero-order valence-electron chi connectivity index (χ0n) is 7.16. The molecule has 0 aliphatic carbocycles. The van der Waals surface area contributed by atoms with Gasteiger partial charge in [0.05, 0.1) is 0 Å². The molecule has 0 heterocycles. The maximum atomic E-state index is 3.69. The summed E-state index contributed by atoms with van der Waals surface area (Å²) in [7, 11) is 0. The van der Waals surface area contributed by atoms with Crippen LogP contribution in [0.5, 0.6) is 0 Å². The first kappa shape index (κ1) is 8.79. The normalized spacial score (nSPS) is 9.33. The van der Waals surface area contributed by atoms with Crippen molar-refractivity contribution in [3.63, 3.8) is 0 Å². The van der Waals surface area contributed by atoms with Crippen LogP contribution in [-0.4, -0.2) is 0 Å². The van der Waals surface area contributed by atoms with Crippen LogP contribution >= 0.6 is 0 Å². The van der Waals surface area contributed by atoms with Gasteiger partial charge in [0.25, 0.3) is 0 Å². The lowest BCUT2D eigenvalue weighted by atomic mass is 10.1. The second kappa shape index (κ2) is 4.55. The average Bonchev–Trinajstić information content (AvgIpc) is 2.09. The van der Waals surface area contributed by atoms with E-state index in [0.29, 0.717) is 0 Å². The first-order valence-electron chi connectivity index (χ1n) is 4.02. The van der Waals surface area contributed by atoms with Gasteiger partial charge in [0.2, 0.25) is 0 Å². The minimum absolute atomic E-state index is 0.939. The van der Waals surface area contributed by atoms with E-state index in [1.807, 2.05) is 12.5 Å². The van der Waals surface area contributed by atoms with Crippen molar-refractivity contribution >= 4 is 0 Å². The largest absolute Gasteiger partial charge is 0.103 e. The Kier molecular flexibility index (Phi) is 3.34. The van der Waals surface area contributed by atoms with E-state index in [1.54, 1.807) is 6.08 Å². The molecule has 0 aliphatic heterocycles. The van der Waals surface area contributed by atoms with Crippen molar-refractivity contribution in [2.24, 2.45) is 0 Å². The first-order valence-corrected chi connectivity index (χ1v) is 4.02. The summed E-state index contributed by atoms with van der Waals surface area (Å²) in [6.07, 6.45) is 6.63. The molecular formula is C12H13. The van der Waals surface area contributed by atoms with Crippen LogP contribution in [0.1, 0.15) is 11.1 Å².